The van der Waals surface area contributed by atoms with Gasteiger partial charge in [-0.1, -0.05) is 89.8 Å². The lowest BCUT2D eigenvalue weighted by Crippen LogP contribution is -2.35. The van der Waals surface area contributed by atoms with Crippen LogP contribution in [0, 0.1) is 0 Å². The summed E-state index contributed by atoms with van der Waals surface area (Å²) in [4.78, 5) is 0. The van der Waals surface area contributed by atoms with Gasteiger partial charge in [0.2, 0.25) is 0 Å². The molecule has 0 aromatic heterocycles. The van der Waals surface area contributed by atoms with E-state index in [0.717, 1.165) is 37.2 Å². The Bertz CT molecular complexity index is 803. The number of hydrogen-bond donors (Lipinski definition) is 4. The highest BCUT2D eigenvalue weighted by Crippen LogP contribution is 2.23. The Morgan fingerprint density at radius 1 is 0.579 bits per heavy atom. The van der Waals surface area contributed by atoms with Crippen LogP contribution in [0.4, 0.5) is 0 Å². The van der Waals surface area contributed by atoms with Crippen LogP contribution in [0.5, 0.6) is 11.5 Å². The SMILES string of the molecule is CC(C)NC[C@H](O)COc1ccccc1CCCCCCCCc1ccccc1OC[C@@H](O)CNC(C)C. The van der Waals surface area contributed by atoms with Crippen LogP contribution in [-0.2, 0) is 12.8 Å². The summed E-state index contributed by atoms with van der Waals surface area (Å²) in [6.07, 6.45) is 8.13. The number of aliphatic hydroxyl groups excluding tert-OH is 2. The zero-order chi connectivity index (χ0) is 27.6. The van der Waals surface area contributed by atoms with Crippen LogP contribution >= 0.6 is 0 Å². The van der Waals surface area contributed by atoms with Crippen LogP contribution in [0.15, 0.2) is 48.5 Å². The molecule has 0 spiro atoms. The van der Waals surface area contributed by atoms with Crippen LogP contribution in [0.25, 0.3) is 0 Å². The van der Waals surface area contributed by atoms with Gasteiger partial charge in [0.15, 0.2) is 0 Å². The highest BCUT2D eigenvalue weighted by atomic mass is 16.5. The van der Waals surface area contributed by atoms with Gasteiger partial charge in [0, 0.05) is 25.2 Å². The molecule has 38 heavy (non-hydrogen) atoms. The number of unbranched alkanes of at least 4 members (excludes halogenated alkanes) is 5. The van der Waals surface area contributed by atoms with Crippen molar-refractivity contribution < 1.29 is 19.7 Å². The Morgan fingerprint density at radius 3 is 1.34 bits per heavy atom. The molecule has 0 fully saturated rings. The fourth-order valence-electron chi connectivity index (χ4n) is 4.27. The maximum Gasteiger partial charge on any atom is 0.122 e. The van der Waals surface area contributed by atoms with E-state index >= 15 is 0 Å². The van der Waals surface area contributed by atoms with Crippen molar-refractivity contribution in [2.75, 3.05) is 26.3 Å². The third kappa shape index (κ3) is 14.1. The number of benzene rings is 2. The van der Waals surface area contributed by atoms with Gasteiger partial charge in [-0.15, -0.1) is 0 Å². The summed E-state index contributed by atoms with van der Waals surface area (Å²) in [5, 5.41) is 26.7. The van der Waals surface area contributed by atoms with Crippen LogP contribution in [0.3, 0.4) is 0 Å². The van der Waals surface area contributed by atoms with E-state index in [-0.39, 0.29) is 0 Å². The van der Waals surface area contributed by atoms with Gasteiger partial charge >= 0.3 is 0 Å². The van der Waals surface area contributed by atoms with Crippen molar-refractivity contribution in [2.45, 2.75) is 103 Å². The predicted octanol–water partition coefficient (Wildman–Crippen LogP) is 5.29. The van der Waals surface area contributed by atoms with Crippen molar-refractivity contribution in [2.24, 2.45) is 0 Å². The molecule has 2 atom stereocenters. The Balaban J connectivity index is 1.61. The molecule has 2 aromatic carbocycles. The number of aryl methyl sites for hydroxylation is 2. The van der Waals surface area contributed by atoms with Gasteiger partial charge in [-0.3, -0.25) is 0 Å². The first kappa shape index (κ1) is 32.1. The Kier molecular flexibility index (Phi) is 16.1. The van der Waals surface area contributed by atoms with Gasteiger partial charge < -0.3 is 30.3 Å². The second-order valence-electron chi connectivity index (χ2n) is 10.9. The molecule has 0 saturated carbocycles. The molecule has 0 radical (unpaired) electrons. The minimum Gasteiger partial charge on any atom is -0.491 e. The van der Waals surface area contributed by atoms with Crippen molar-refractivity contribution in [3.05, 3.63) is 59.7 Å². The summed E-state index contributed by atoms with van der Waals surface area (Å²) >= 11 is 0. The third-order valence-corrected chi connectivity index (χ3v) is 6.47. The van der Waals surface area contributed by atoms with Crippen LogP contribution in [0.1, 0.15) is 77.3 Å². The maximum atomic E-state index is 10.1. The van der Waals surface area contributed by atoms with E-state index in [9.17, 15) is 10.2 Å². The second-order valence-corrected chi connectivity index (χ2v) is 10.9. The van der Waals surface area contributed by atoms with Crippen molar-refractivity contribution in [1.82, 2.24) is 10.6 Å². The minimum atomic E-state index is -0.511. The number of ether oxygens (including phenoxy) is 2. The predicted molar refractivity (Wildman–Crippen MR) is 157 cm³/mol. The Morgan fingerprint density at radius 2 is 0.947 bits per heavy atom. The molecule has 0 aliphatic heterocycles. The molecule has 2 rings (SSSR count). The lowest BCUT2D eigenvalue weighted by molar-refractivity contribution is 0.104. The highest BCUT2D eigenvalue weighted by Gasteiger charge is 2.10. The van der Waals surface area contributed by atoms with Crippen LogP contribution in [0.2, 0.25) is 0 Å². The molecule has 4 N–H and O–H groups in total. The molecule has 0 amide bonds. The minimum absolute atomic E-state index is 0.306. The highest BCUT2D eigenvalue weighted by molar-refractivity contribution is 5.34. The van der Waals surface area contributed by atoms with E-state index in [4.69, 9.17) is 9.47 Å². The standard InChI is InChI=1S/C32H52N2O4/c1-25(2)33-21-29(35)23-37-31-19-13-11-17-27(31)15-9-7-5-6-8-10-16-28-18-12-14-20-32(28)38-24-30(36)22-34-26(3)4/h11-14,17-20,25-26,29-30,33-36H,5-10,15-16,21-24H2,1-4H3/t29-,30-/m0/s1. The molecule has 6 nitrogen and oxygen atoms in total. The topological polar surface area (TPSA) is 83.0 Å². The first-order chi connectivity index (χ1) is 18.3. The summed E-state index contributed by atoms with van der Waals surface area (Å²) in [5.74, 6) is 1.78. The third-order valence-electron chi connectivity index (χ3n) is 6.47. The average Bonchev–Trinajstić information content (AvgIpc) is 2.90. The van der Waals surface area contributed by atoms with Gasteiger partial charge in [-0.2, -0.15) is 0 Å². The van der Waals surface area contributed by atoms with Gasteiger partial charge in [0.1, 0.15) is 36.9 Å². The number of para-hydroxylation sites is 2. The van der Waals surface area contributed by atoms with Crippen molar-refractivity contribution in [3.8, 4) is 11.5 Å². The van der Waals surface area contributed by atoms with E-state index in [1.165, 1.54) is 36.8 Å². The molecular formula is C32H52N2O4. The van der Waals surface area contributed by atoms with E-state index in [1.54, 1.807) is 0 Å². The lowest BCUT2D eigenvalue weighted by Gasteiger charge is -2.17. The second kappa shape index (κ2) is 19.0. The normalized spacial score (nSPS) is 13.2. The molecule has 0 saturated heterocycles. The summed E-state index contributed by atoms with van der Waals surface area (Å²) in [5.41, 5.74) is 2.44. The van der Waals surface area contributed by atoms with Crippen molar-refractivity contribution in [3.63, 3.8) is 0 Å². The first-order valence-electron chi connectivity index (χ1n) is 14.6. The quantitative estimate of drug-likeness (QED) is 0.165. The summed E-state index contributed by atoms with van der Waals surface area (Å²) in [7, 11) is 0. The van der Waals surface area contributed by atoms with E-state index in [1.807, 2.05) is 24.3 Å². The molecule has 0 unspecified atom stereocenters. The lowest BCUT2D eigenvalue weighted by atomic mass is 10.0. The number of aliphatic hydroxyl groups is 2. The Labute approximate surface area is 231 Å². The van der Waals surface area contributed by atoms with Gasteiger partial charge in [0.05, 0.1) is 0 Å². The van der Waals surface area contributed by atoms with Gasteiger partial charge in [-0.25, -0.2) is 0 Å². The monoisotopic (exact) mass is 528 g/mol. The number of rotatable bonds is 21. The first-order valence-corrected chi connectivity index (χ1v) is 14.6. The van der Waals surface area contributed by atoms with Crippen LogP contribution in [-0.4, -0.2) is 60.8 Å². The van der Waals surface area contributed by atoms with Gasteiger partial charge in [-0.05, 0) is 48.9 Å². The number of hydrogen-bond acceptors (Lipinski definition) is 6. The van der Waals surface area contributed by atoms with Gasteiger partial charge in [0.25, 0.3) is 0 Å². The fraction of sp³-hybridized carbons (Fsp3) is 0.625. The van der Waals surface area contributed by atoms with E-state index < -0.39 is 12.2 Å². The summed E-state index contributed by atoms with van der Waals surface area (Å²) < 4.78 is 11.9. The molecule has 0 aliphatic carbocycles. The van der Waals surface area contributed by atoms with Crippen LogP contribution < -0.4 is 20.1 Å². The summed E-state index contributed by atoms with van der Waals surface area (Å²) in [6.45, 7) is 9.97. The molecule has 6 heteroatoms. The van der Waals surface area contributed by atoms with Crippen molar-refractivity contribution >= 4 is 0 Å². The Hall–Kier alpha value is -2.12. The molecule has 0 aliphatic rings. The largest absolute Gasteiger partial charge is 0.491 e. The number of nitrogens with one attached hydrogen (secondary N) is 2. The molecule has 214 valence electrons. The average molecular weight is 529 g/mol. The zero-order valence-electron chi connectivity index (χ0n) is 24.1. The smallest absolute Gasteiger partial charge is 0.122 e. The van der Waals surface area contributed by atoms with E-state index in [0.29, 0.717) is 38.4 Å². The zero-order valence-corrected chi connectivity index (χ0v) is 24.1. The molecule has 2 aromatic rings. The molecule has 0 bridgehead atoms. The molecule has 0 heterocycles. The maximum absolute atomic E-state index is 10.1. The fourth-order valence-corrected chi connectivity index (χ4v) is 4.27. The summed E-state index contributed by atoms with van der Waals surface area (Å²) in [6, 6.07) is 17.1. The van der Waals surface area contributed by atoms with E-state index in [2.05, 4.69) is 62.6 Å². The van der Waals surface area contributed by atoms with Crippen molar-refractivity contribution in [1.29, 1.82) is 0 Å². The molecular weight excluding hydrogens is 476 g/mol.